The second-order valence-corrected chi connectivity index (χ2v) is 7.01. The van der Waals surface area contributed by atoms with Crippen LogP contribution in [0.3, 0.4) is 0 Å². The number of ether oxygens (including phenoxy) is 1. The highest BCUT2D eigenvalue weighted by Crippen LogP contribution is 2.25. The number of nitrogens with one attached hydrogen (secondary N) is 1. The predicted octanol–water partition coefficient (Wildman–Crippen LogP) is 3.74. The maximum Gasteiger partial charge on any atom is 0.258 e. The lowest BCUT2D eigenvalue weighted by molar-refractivity contribution is -0.124. The van der Waals surface area contributed by atoms with Crippen LogP contribution in [0.1, 0.15) is 51.7 Å². The molecular weight excluding hydrogens is 274 g/mol. The Morgan fingerprint density at radius 3 is 2.36 bits per heavy atom. The molecule has 0 aromatic heterocycles. The van der Waals surface area contributed by atoms with Crippen molar-refractivity contribution in [1.29, 1.82) is 0 Å². The number of rotatable bonds is 6. The summed E-state index contributed by atoms with van der Waals surface area (Å²) in [6, 6.07) is 6.43. The van der Waals surface area contributed by atoms with Gasteiger partial charge in [0.1, 0.15) is 5.75 Å². The molecule has 1 aromatic carbocycles. The molecule has 3 heteroatoms. The highest BCUT2D eigenvalue weighted by molar-refractivity contribution is 5.77. The zero-order chi connectivity index (χ0) is 16.1. The average Bonchev–Trinajstić information content (AvgIpc) is 2.49. The van der Waals surface area contributed by atoms with E-state index >= 15 is 0 Å². The van der Waals surface area contributed by atoms with Crippen LogP contribution in [0.15, 0.2) is 18.2 Å². The standard InChI is InChI=1S/C19H29NO2/c1-13(2)19(14(3)4)20-18(21)12-22-17-10-9-15-7-5-6-8-16(15)11-17/h9-11,13-14,19H,5-8,12H2,1-4H3,(H,20,21). The Bertz CT molecular complexity index is 500. The quantitative estimate of drug-likeness (QED) is 0.869. The smallest absolute Gasteiger partial charge is 0.258 e. The molecule has 0 atom stereocenters. The molecule has 22 heavy (non-hydrogen) atoms. The number of carbonyl (C=O) groups excluding carboxylic acids is 1. The minimum Gasteiger partial charge on any atom is -0.484 e. The van der Waals surface area contributed by atoms with Crippen LogP contribution in [0, 0.1) is 11.8 Å². The lowest BCUT2D eigenvalue weighted by atomic mass is 9.92. The van der Waals surface area contributed by atoms with E-state index in [1.54, 1.807) is 0 Å². The van der Waals surface area contributed by atoms with Crippen molar-refractivity contribution in [2.75, 3.05) is 6.61 Å². The van der Waals surface area contributed by atoms with Gasteiger partial charge >= 0.3 is 0 Å². The Kier molecular flexibility index (Phi) is 5.87. The number of aryl methyl sites for hydroxylation is 2. The van der Waals surface area contributed by atoms with Gasteiger partial charge in [0.05, 0.1) is 0 Å². The van der Waals surface area contributed by atoms with Crippen molar-refractivity contribution in [2.45, 2.75) is 59.4 Å². The van der Waals surface area contributed by atoms with Gasteiger partial charge in [-0.15, -0.1) is 0 Å². The molecule has 0 radical (unpaired) electrons. The van der Waals surface area contributed by atoms with E-state index in [1.807, 2.05) is 6.07 Å². The van der Waals surface area contributed by atoms with E-state index in [1.165, 1.54) is 30.4 Å². The van der Waals surface area contributed by atoms with Crippen LogP contribution < -0.4 is 10.1 Å². The largest absolute Gasteiger partial charge is 0.484 e. The molecule has 122 valence electrons. The zero-order valence-electron chi connectivity index (χ0n) is 14.3. The second kappa shape index (κ2) is 7.66. The second-order valence-electron chi connectivity index (χ2n) is 7.01. The lowest BCUT2D eigenvalue weighted by Gasteiger charge is -2.26. The fraction of sp³-hybridized carbons (Fsp3) is 0.632. The van der Waals surface area contributed by atoms with E-state index < -0.39 is 0 Å². The molecule has 1 N–H and O–H groups in total. The first-order valence-corrected chi connectivity index (χ1v) is 8.51. The molecule has 2 rings (SSSR count). The van der Waals surface area contributed by atoms with Gasteiger partial charge in [-0.1, -0.05) is 33.8 Å². The minimum atomic E-state index is -0.0369. The van der Waals surface area contributed by atoms with Gasteiger partial charge in [0.25, 0.3) is 5.91 Å². The summed E-state index contributed by atoms with van der Waals surface area (Å²) in [5.41, 5.74) is 2.81. The summed E-state index contributed by atoms with van der Waals surface area (Å²) in [6.07, 6.45) is 4.82. The molecule has 0 fully saturated rings. The number of carbonyl (C=O) groups is 1. The van der Waals surface area contributed by atoms with E-state index in [0.29, 0.717) is 11.8 Å². The third kappa shape index (κ3) is 4.49. The first-order valence-electron chi connectivity index (χ1n) is 8.51. The Labute approximate surface area is 134 Å². The lowest BCUT2D eigenvalue weighted by Crippen LogP contribution is -2.44. The molecule has 1 aromatic rings. The van der Waals surface area contributed by atoms with Crippen LogP contribution in [0.5, 0.6) is 5.75 Å². The van der Waals surface area contributed by atoms with Crippen molar-refractivity contribution in [3.8, 4) is 5.75 Å². The van der Waals surface area contributed by atoms with Crippen LogP contribution in [0.2, 0.25) is 0 Å². The van der Waals surface area contributed by atoms with E-state index in [4.69, 9.17) is 4.74 Å². The van der Waals surface area contributed by atoms with Crippen molar-refractivity contribution in [2.24, 2.45) is 11.8 Å². The summed E-state index contributed by atoms with van der Waals surface area (Å²) in [4.78, 5) is 12.1. The molecular formula is C19H29NO2. The van der Waals surface area contributed by atoms with Gasteiger partial charge in [-0.25, -0.2) is 0 Å². The van der Waals surface area contributed by atoms with Crippen LogP contribution in [-0.2, 0) is 17.6 Å². The van der Waals surface area contributed by atoms with E-state index in [2.05, 4.69) is 45.1 Å². The molecule has 1 aliphatic carbocycles. The first kappa shape index (κ1) is 16.9. The minimum absolute atomic E-state index is 0.0369. The summed E-state index contributed by atoms with van der Waals surface area (Å²) in [5, 5.41) is 3.08. The third-order valence-electron chi connectivity index (χ3n) is 4.45. The summed E-state index contributed by atoms with van der Waals surface area (Å²) in [5.74, 6) is 1.62. The summed E-state index contributed by atoms with van der Waals surface area (Å²) in [6.45, 7) is 8.63. The van der Waals surface area contributed by atoms with Crippen molar-refractivity contribution >= 4 is 5.91 Å². The van der Waals surface area contributed by atoms with Gasteiger partial charge in [0.15, 0.2) is 6.61 Å². The van der Waals surface area contributed by atoms with Crippen molar-refractivity contribution < 1.29 is 9.53 Å². The Morgan fingerprint density at radius 1 is 1.09 bits per heavy atom. The number of hydrogen-bond acceptors (Lipinski definition) is 2. The van der Waals surface area contributed by atoms with Crippen molar-refractivity contribution in [1.82, 2.24) is 5.32 Å². The average molecular weight is 303 g/mol. The van der Waals surface area contributed by atoms with Crippen LogP contribution >= 0.6 is 0 Å². The Hall–Kier alpha value is -1.51. The predicted molar refractivity (Wildman–Crippen MR) is 90.2 cm³/mol. The monoisotopic (exact) mass is 303 g/mol. The number of fused-ring (bicyclic) bond motifs is 1. The van der Waals surface area contributed by atoms with Gasteiger partial charge in [0, 0.05) is 6.04 Å². The van der Waals surface area contributed by atoms with Gasteiger partial charge in [-0.05, 0) is 60.8 Å². The third-order valence-corrected chi connectivity index (χ3v) is 4.45. The fourth-order valence-electron chi connectivity index (χ4n) is 3.28. The molecule has 1 amide bonds. The normalized spacial score (nSPS) is 14.3. The van der Waals surface area contributed by atoms with E-state index in [0.717, 1.165) is 12.2 Å². The summed E-state index contributed by atoms with van der Waals surface area (Å²) >= 11 is 0. The molecule has 0 aliphatic heterocycles. The van der Waals surface area contributed by atoms with Crippen LogP contribution in [0.4, 0.5) is 0 Å². The number of benzene rings is 1. The Morgan fingerprint density at radius 2 is 1.73 bits per heavy atom. The summed E-state index contributed by atoms with van der Waals surface area (Å²) in [7, 11) is 0. The highest BCUT2D eigenvalue weighted by Gasteiger charge is 2.19. The Balaban J connectivity index is 1.88. The molecule has 0 spiro atoms. The number of amides is 1. The maximum absolute atomic E-state index is 12.1. The maximum atomic E-state index is 12.1. The molecule has 0 saturated heterocycles. The number of hydrogen-bond donors (Lipinski definition) is 1. The topological polar surface area (TPSA) is 38.3 Å². The van der Waals surface area contributed by atoms with Crippen molar-refractivity contribution in [3.05, 3.63) is 29.3 Å². The molecule has 0 heterocycles. The fourth-order valence-corrected chi connectivity index (χ4v) is 3.28. The van der Waals surface area contributed by atoms with Gasteiger partial charge in [0.2, 0.25) is 0 Å². The SMILES string of the molecule is CC(C)C(NC(=O)COc1ccc2c(c1)CCCC2)C(C)C. The molecule has 0 unspecified atom stereocenters. The van der Waals surface area contributed by atoms with E-state index in [9.17, 15) is 4.79 Å². The summed E-state index contributed by atoms with van der Waals surface area (Å²) < 4.78 is 5.68. The zero-order valence-corrected chi connectivity index (χ0v) is 14.3. The molecule has 0 bridgehead atoms. The molecule has 1 aliphatic rings. The van der Waals surface area contributed by atoms with Crippen LogP contribution in [-0.4, -0.2) is 18.6 Å². The van der Waals surface area contributed by atoms with Gasteiger partial charge < -0.3 is 10.1 Å². The van der Waals surface area contributed by atoms with Crippen molar-refractivity contribution in [3.63, 3.8) is 0 Å². The molecule has 3 nitrogen and oxygen atoms in total. The van der Waals surface area contributed by atoms with E-state index in [-0.39, 0.29) is 18.6 Å². The van der Waals surface area contributed by atoms with Crippen LogP contribution in [0.25, 0.3) is 0 Å². The molecule has 0 saturated carbocycles. The van der Waals surface area contributed by atoms with Gasteiger partial charge in [-0.2, -0.15) is 0 Å². The highest BCUT2D eigenvalue weighted by atomic mass is 16.5. The van der Waals surface area contributed by atoms with Gasteiger partial charge in [-0.3, -0.25) is 4.79 Å². The first-order chi connectivity index (χ1) is 10.5.